The van der Waals surface area contributed by atoms with Gasteiger partial charge in [0.2, 0.25) is 0 Å². The quantitative estimate of drug-likeness (QED) is 0.504. The number of nitro benzene ring substituents is 1. The Morgan fingerprint density at radius 3 is 2.35 bits per heavy atom. The summed E-state index contributed by atoms with van der Waals surface area (Å²) >= 11 is 0. The van der Waals surface area contributed by atoms with E-state index in [9.17, 15) is 20.3 Å². The van der Waals surface area contributed by atoms with Gasteiger partial charge in [-0.25, -0.2) is 0 Å². The molecule has 102 valence electrons. The first kappa shape index (κ1) is 13.5. The molecule has 20 heavy (non-hydrogen) atoms. The van der Waals surface area contributed by atoms with Crippen LogP contribution in [0.1, 0.15) is 5.56 Å². The molecular formula is C13H11N3O4. The van der Waals surface area contributed by atoms with E-state index in [0.717, 1.165) is 11.6 Å². The molecule has 0 aliphatic carbocycles. The first-order valence-electron chi connectivity index (χ1n) is 5.66. The molecule has 0 bridgehead atoms. The lowest BCUT2D eigenvalue weighted by molar-refractivity contribution is -0.384. The van der Waals surface area contributed by atoms with Crippen molar-refractivity contribution in [1.29, 1.82) is 0 Å². The van der Waals surface area contributed by atoms with Crippen LogP contribution in [-0.2, 0) is 0 Å². The van der Waals surface area contributed by atoms with Crippen LogP contribution in [0.3, 0.4) is 0 Å². The van der Waals surface area contributed by atoms with Crippen LogP contribution < -0.4 is 0 Å². The molecule has 2 N–H and O–H groups in total. The number of phenolic OH excluding ortho intramolecular Hbond substituents is 2. The number of rotatable bonds is 3. The molecule has 0 amide bonds. The zero-order valence-electron chi connectivity index (χ0n) is 10.5. The second-order valence-electron chi connectivity index (χ2n) is 4.12. The van der Waals surface area contributed by atoms with Crippen LogP contribution in [0.2, 0.25) is 0 Å². The Morgan fingerprint density at radius 1 is 1.00 bits per heavy atom. The fourth-order valence-electron chi connectivity index (χ4n) is 1.53. The molecule has 0 aliphatic heterocycles. The molecule has 0 radical (unpaired) electrons. The second kappa shape index (κ2) is 5.35. The smallest absolute Gasteiger partial charge is 0.273 e. The lowest BCUT2D eigenvalue weighted by Gasteiger charge is -2.00. The molecule has 0 heterocycles. The van der Waals surface area contributed by atoms with Gasteiger partial charge in [-0.1, -0.05) is 6.07 Å². The summed E-state index contributed by atoms with van der Waals surface area (Å²) in [5, 5.41) is 37.3. The zero-order chi connectivity index (χ0) is 14.7. The molecule has 0 unspecified atom stereocenters. The minimum absolute atomic E-state index is 0.0410. The predicted octanol–water partition coefficient (Wildman–Crippen LogP) is 3.73. The van der Waals surface area contributed by atoms with Crippen LogP contribution in [0.25, 0.3) is 0 Å². The van der Waals surface area contributed by atoms with Crippen molar-refractivity contribution in [2.75, 3.05) is 0 Å². The maximum atomic E-state index is 10.5. The summed E-state index contributed by atoms with van der Waals surface area (Å²) in [6, 6.07) is 8.32. The van der Waals surface area contributed by atoms with Gasteiger partial charge in [-0.15, -0.1) is 10.2 Å². The van der Waals surface area contributed by atoms with Crippen molar-refractivity contribution >= 4 is 17.1 Å². The lowest BCUT2D eigenvalue weighted by Crippen LogP contribution is -1.86. The minimum atomic E-state index is -0.618. The topological polar surface area (TPSA) is 108 Å². The number of aryl methyl sites for hydroxylation is 1. The van der Waals surface area contributed by atoms with Gasteiger partial charge in [0, 0.05) is 6.07 Å². The number of azo groups is 1. The highest BCUT2D eigenvalue weighted by molar-refractivity contribution is 5.57. The van der Waals surface area contributed by atoms with Gasteiger partial charge in [-0.3, -0.25) is 10.1 Å². The number of aromatic hydroxyl groups is 2. The van der Waals surface area contributed by atoms with Gasteiger partial charge in [-0.2, -0.15) is 0 Å². The summed E-state index contributed by atoms with van der Waals surface area (Å²) in [5.74, 6) is -0.393. The SMILES string of the molecule is Cc1ccc(O)c(N=Nc2ccc([N+](=O)[O-])cc2O)c1. The molecule has 2 aromatic rings. The van der Waals surface area contributed by atoms with Gasteiger partial charge in [0.05, 0.1) is 11.0 Å². The molecule has 2 aromatic carbocycles. The van der Waals surface area contributed by atoms with Crippen LogP contribution in [0.4, 0.5) is 17.1 Å². The van der Waals surface area contributed by atoms with E-state index in [1.165, 1.54) is 18.2 Å². The molecule has 0 aromatic heterocycles. The third kappa shape index (κ3) is 2.89. The molecule has 0 atom stereocenters. The molecule has 7 nitrogen and oxygen atoms in total. The van der Waals surface area contributed by atoms with E-state index in [2.05, 4.69) is 10.2 Å². The number of benzene rings is 2. The van der Waals surface area contributed by atoms with Gasteiger partial charge in [0.25, 0.3) is 5.69 Å². The summed E-state index contributed by atoms with van der Waals surface area (Å²) in [6.45, 7) is 1.84. The highest BCUT2D eigenvalue weighted by Gasteiger charge is 2.09. The van der Waals surface area contributed by atoms with Gasteiger partial charge < -0.3 is 10.2 Å². The number of phenols is 2. The van der Waals surface area contributed by atoms with Crippen molar-refractivity contribution in [3.05, 3.63) is 52.1 Å². The summed E-state index contributed by atoms with van der Waals surface area (Å²) in [6.07, 6.45) is 0. The Balaban J connectivity index is 2.32. The van der Waals surface area contributed by atoms with Crippen molar-refractivity contribution in [3.63, 3.8) is 0 Å². The molecule has 7 heteroatoms. The van der Waals surface area contributed by atoms with E-state index in [0.29, 0.717) is 0 Å². The maximum Gasteiger partial charge on any atom is 0.273 e. The average Bonchev–Trinajstić information content (AvgIpc) is 2.40. The third-order valence-electron chi connectivity index (χ3n) is 2.57. The summed E-state index contributed by atoms with van der Waals surface area (Å²) < 4.78 is 0. The van der Waals surface area contributed by atoms with E-state index in [-0.39, 0.29) is 28.6 Å². The fourth-order valence-corrected chi connectivity index (χ4v) is 1.53. The molecule has 0 saturated heterocycles. The molecule has 2 rings (SSSR count). The highest BCUT2D eigenvalue weighted by atomic mass is 16.6. The predicted molar refractivity (Wildman–Crippen MR) is 71.8 cm³/mol. The van der Waals surface area contributed by atoms with E-state index >= 15 is 0 Å². The van der Waals surface area contributed by atoms with E-state index in [1.807, 2.05) is 6.92 Å². The number of hydrogen-bond donors (Lipinski definition) is 2. The van der Waals surface area contributed by atoms with Gasteiger partial charge in [0.1, 0.15) is 22.9 Å². The molecular weight excluding hydrogens is 262 g/mol. The van der Waals surface area contributed by atoms with Gasteiger partial charge in [-0.05, 0) is 30.7 Å². The molecule has 0 spiro atoms. The Hall–Kier alpha value is -2.96. The Kier molecular flexibility index (Phi) is 3.60. The van der Waals surface area contributed by atoms with Crippen LogP contribution >= 0.6 is 0 Å². The fraction of sp³-hybridized carbons (Fsp3) is 0.0769. The zero-order valence-corrected chi connectivity index (χ0v) is 10.5. The minimum Gasteiger partial charge on any atom is -0.506 e. The number of non-ortho nitro benzene ring substituents is 1. The lowest BCUT2D eigenvalue weighted by atomic mass is 10.2. The van der Waals surface area contributed by atoms with Crippen molar-refractivity contribution in [3.8, 4) is 11.5 Å². The number of hydrogen-bond acceptors (Lipinski definition) is 6. The van der Waals surface area contributed by atoms with E-state index < -0.39 is 4.92 Å². The maximum absolute atomic E-state index is 10.5. The monoisotopic (exact) mass is 273 g/mol. The van der Waals surface area contributed by atoms with Crippen molar-refractivity contribution in [2.45, 2.75) is 6.92 Å². The number of nitrogens with zero attached hydrogens (tertiary/aromatic N) is 3. The van der Waals surface area contributed by atoms with Crippen molar-refractivity contribution < 1.29 is 15.1 Å². The van der Waals surface area contributed by atoms with Crippen molar-refractivity contribution in [2.24, 2.45) is 10.2 Å². The Bertz CT molecular complexity index is 698. The molecule has 0 saturated carbocycles. The molecule has 0 aliphatic rings. The Labute approximate surface area is 114 Å². The normalized spacial score (nSPS) is 10.8. The number of nitro groups is 1. The Morgan fingerprint density at radius 2 is 1.70 bits per heavy atom. The van der Waals surface area contributed by atoms with Crippen LogP contribution in [0.15, 0.2) is 46.6 Å². The van der Waals surface area contributed by atoms with Crippen LogP contribution in [0.5, 0.6) is 11.5 Å². The summed E-state index contributed by atoms with van der Waals surface area (Å²) in [4.78, 5) is 9.92. The first-order chi connectivity index (χ1) is 9.47. The van der Waals surface area contributed by atoms with Crippen molar-refractivity contribution in [1.82, 2.24) is 0 Å². The largest absolute Gasteiger partial charge is 0.506 e. The summed E-state index contributed by atoms with van der Waals surface area (Å²) in [5.41, 5.74) is 0.990. The van der Waals surface area contributed by atoms with Crippen LogP contribution in [0, 0.1) is 17.0 Å². The average molecular weight is 273 g/mol. The van der Waals surface area contributed by atoms with Gasteiger partial charge in [0.15, 0.2) is 0 Å². The van der Waals surface area contributed by atoms with E-state index in [1.54, 1.807) is 12.1 Å². The molecule has 0 fully saturated rings. The highest BCUT2D eigenvalue weighted by Crippen LogP contribution is 2.33. The van der Waals surface area contributed by atoms with Gasteiger partial charge >= 0.3 is 0 Å². The van der Waals surface area contributed by atoms with Crippen LogP contribution in [-0.4, -0.2) is 15.1 Å². The standard InChI is InChI=1S/C13H11N3O4/c1-8-2-5-12(17)11(6-8)15-14-10-4-3-9(16(19)20)7-13(10)18/h2-7,17-18H,1H3. The van der Waals surface area contributed by atoms with E-state index in [4.69, 9.17) is 0 Å². The second-order valence-corrected chi connectivity index (χ2v) is 4.12. The summed E-state index contributed by atoms with van der Waals surface area (Å²) in [7, 11) is 0. The first-order valence-corrected chi connectivity index (χ1v) is 5.66. The third-order valence-corrected chi connectivity index (χ3v) is 2.57.